The van der Waals surface area contributed by atoms with E-state index in [1.165, 1.54) is 99.1 Å². The summed E-state index contributed by atoms with van der Waals surface area (Å²) in [6.45, 7) is 4.70. The molecular formula is C51H36. The monoisotopic (exact) mass is 648 g/mol. The zero-order valence-corrected chi connectivity index (χ0v) is 28.8. The summed E-state index contributed by atoms with van der Waals surface area (Å²) in [7, 11) is 0. The predicted molar refractivity (Wildman–Crippen MR) is 218 cm³/mol. The second-order valence-electron chi connectivity index (χ2n) is 14.4. The Bertz CT molecular complexity index is 2760. The molecule has 0 heterocycles. The number of rotatable bonds is 4. The summed E-state index contributed by atoms with van der Waals surface area (Å²) < 4.78 is 0. The molecule has 1 aliphatic rings. The van der Waals surface area contributed by atoms with Crippen LogP contribution in [0.3, 0.4) is 0 Å². The lowest BCUT2D eigenvalue weighted by atomic mass is 9.82. The Balaban J connectivity index is 1.16. The molecule has 0 N–H and O–H groups in total. The first-order valence-corrected chi connectivity index (χ1v) is 17.9. The van der Waals surface area contributed by atoms with Crippen LogP contribution in [0.5, 0.6) is 0 Å². The van der Waals surface area contributed by atoms with Crippen LogP contribution in [-0.4, -0.2) is 0 Å². The molecule has 51 heavy (non-hydrogen) atoms. The molecule has 10 rings (SSSR count). The van der Waals surface area contributed by atoms with Gasteiger partial charge in [-0.2, -0.15) is 0 Å². The summed E-state index contributed by atoms with van der Waals surface area (Å²) in [6.07, 6.45) is 0. The summed E-state index contributed by atoms with van der Waals surface area (Å²) in [6, 6.07) is 67.4. The molecule has 240 valence electrons. The number of fused-ring (bicyclic) bond motifs is 6. The third kappa shape index (κ3) is 4.53. The molecule has 0 aliphatic heterocycles. The van der Waals surface area contributed by atoms with Crippen LogP contribution in [0.4, 0.5) is 0 Å². The lowest BCUT2D eigenvalue weighted by Crippen LogP contribution is -2.14. The Morgan fingerprint density at radius 2 is 0.784 bits per heavy atom. The van der Waals surface area contributed by atoms with Crippen molar-refractivity contribution in [3.05, 3.63) is 193 Å². The zero-order chi connectivity index (χ0) is 34.1. The van der Waals surface area contributed by atoms with Crippen LogP contribution in [0, 0.1) is 0 Å². The van der Waals surface area contributed by atoms with E-state index in [0.717, 1.165) is 0 Å². The van der Waals surface area contributed by atoms with E-state index in [4.69, 9.17) is 0 Å². The van der Waals surface area contributed by atoms with Gasteiger partial charge in [-0.1, -0.05) is 190 Å². The minimum Gasteiger partial charge on any atom is -0.0619 e. The van der Waals surface area contributed by atoms with Crippen LogP contribution >= 0.6 is 0 Å². The minimum absolute atomic E-state index is 0.0195. The van der Waals surface area contributed by atoms with Crippen molar-refractivity contribution in [2.24, 2.45) is 0 Å². The fourth-order valence-corrected chi connectivity index (χ4v) is 8.85. The van der Waals surface area contributed by atoms with Crippen LogP contribution in [0.25, 0.3) is 88.0 Å². The molecule has 1 aliphatic carbocycles. The summed E-state index contributed by atoms with van der Waals surface area (Å²) in [4.78, 5) is 0. The van der Waals surface area contributed by atoms with Gasteiger partial charge < -0.3 is 0 Å². The van der Waals surface area contributed by atoms with Crippen LogP contribution in [-0.2, 0) is 5.41 Å². The van der Waals surface area contributed by atoms with Crippen molar-refractivity contribution >= 4 is 32.3 Å². The molecule has 0 saturated heterocycles. The third-order valence-electron chi connectivity index (χ3n) is 11.3. The molecule has 0 fully saturated rings. The first kappa shape index (κ1) is 29.7. The molecular weight excluding hydrogens is 613 g/mol. The largest absolute Gasteiger partial charge is 0.0619 e. The van der Waals surface area contributed by atoms with Gasteiger partial charge in [0.25, 0.3) is 0 Å². The molecule has 0 aromatic heterocycles. The summed E-state index contributed by atoms with van der Waals surface area (Å²) in [5.41, 5.74) is 15.6. The molecule has 0 bridgehead atoms. The Morgan fingerprint density at radius 3 is 1.49 bits per heavy atom. The van der Waals surface area contributed by atoms with Gasteiger partial charge in [0, 0.05) is 5.41 Å². The van der Waals surface area contributed by atoms with E-state index in [-0.39, 0.29) is 5.41 Å². The average molecular weight is 649 g/mol. The van der Waals surface area contributed by atoms with Gasteiger partial charge in [0.1, 0.15) is 0 Å². The van der Waals surface area contributed by atoms with E-state index in [1.807, 2.05) is 0 Å². The smallest absolute Gasteiger partial charge is 0.0159 e. The maximum atomic E-state index is 2.35. The van der Waals surface area contributed by atoms with Gasteiger partial charge in [-0.05, 0) is 105 Å². The quantitative estimate of drug-likeness (QED) is 0.167. The van der Waals surface area contributed by atoms with Crippen LogP contribution in [0.1, 0.15) is 25.0 Å². The molecule has 0 heteroatoms. The van der Waals surface area contributed by atoms with Crippen molar-refractivity contribution in [3.63, 3.8) is 0 Å². The molecule has 0 nitrogen and oxygen atoms in total. The molecule has 0 atom stereocenters. The maximum absolute atomic E-state index is 2.35. The highest BCUT2D eigenvalue weighted by Gasteiger charge is 2.36. The summed E-state index contributed by atoms with van der Waals surface area (Å²) in [5, 5.41) is 7.58. The van der Waals surface area contributed by atoms with Crippen LogP contribution < -0.4 is 0 Å². The van der Waals surface area contributed by atoms with E-state index in [2.05, 4.69) is 196 Å². The Hall–Kier alpha value is -6.24. The predicted octanol–water partition coefficient (Wildman–Crippen LogP) is 14.1. The lowest BCUT2D eigenvalue weighted by molar-refractivity contribution is 0.660. The van der Waals surface area contributed by atoms with E-state index in [0.29, 0.717) is 0 Å². The zero-order valence-electron chi connectivity index (χ0n) is 28.8. The fraction of sp³-hybridized carbons (Fsp3) is 0.0588. The first-order valence-electron chi connectivity index (χ1n) is 17.9. The van der Waals surface area contributed by atoms with Gasteiger partial charge in [0.05, 0.1) is 0 Å². The molecule has 9 aromatic rings. The highest BCUT2D eigenvalue weighted by Crippen LogP contribution is 2.52. The van der Waals surface area contributed by atoms with E-state index in [1.54, 1.807) is 0 Å². The second kappa shape index (κ2) is 11.4. The average Bonchev–Trinajstić information content (AvgIpc) is 3.43. The van der Waals surface area contributed by atoms with Crippen molar-refractivity contribution < 1.29 is 0 Å². The van der Waals surface area contributed by atoms with Crippen molar-refractivity contribution in [2.75, 3.05) is 0 Å². The van der Waals surface area contributed by atoms with Crippen molar-refractivity contribution in [1.82, 2.24) is 0 Å². The van der Waals surface area contributed by atoms with Gasteiger partial charge in [-0.25, -0.2) is 0 Å². The molecule has 0 radical (unpaired) electrons. The highest BCUT2D eigenvalue weighted by molar-refractivity contribution is 6.22. The normalized spacial score (nSPS) is 13.1. The van der Waals surface area contributed by atoms with Crippen molar-refractivity contribution in [2.45, 2.75) is 19.3 Å². The van der Waals surface area contributed by atoms with Gasteiger partial charge >= 0.3 is 0 Å². The molecule has 0 saturated carbocycles. The molecule has 9 aromatic carbocycles. The lowest BCUT2D eigenvalue weighted by Gasteiger charge is -2.21. The molecule has 0 amide bonds. The van der Waals surface area contributed by atoms with Crippen LogP contribution in [0.2, 0.25) is 0 Å². The van der Waals surface area contributed by atoms with Crippen molar-refractivity contribution in [3.8, 4) is 55.6 Å². The van der Waals surface area contributed by atoms with Crippen molar-refractivity contribution in [1.29, 1.82) is 0 Å². The first-order chi connectivity index (χ1) is 25.1. The van der Waals surface area contributed by atoms with E-state index in [9.17, 15) is 0 Å². The fourth-order valence-electron chi connectivity index (χ4n) is 8.85. The number of benzene rings is 9. The molecule has 0 spiro atoms. The standard InChI is InChI=1S/C51H36/c1-51(2)46-24-12-11-22-45(46)50-39(23-13-25-47(50)51)34-27-29-35(30-28-34)48-41-18-7-9-20-43(41)49(44-21-10-8-19-42(44)48)40-17-6-5-16-38(40)37-31-26-33-14-3-4-15-36(33)32-37/h3-32H,1-2H3. The minimum atomic E-state index is -0.0195. The van der Waals surface area contributed by atoms with E-state index < -0.39 is 0 Å². The van der Waals surface area contributed by atoms with Gasteiger partial charge in [-0.3, -0.25) is 0 Å². The van der Waals surface area contributed by atoms with Gasteiger partial charge in [0.15, 0.2) is 0 Å². The number of hydrogen-bond acceptors (Lipinski definition) is 0. The topological polar surface area (TPSA) is 0 Å². The maximum Gasteiger partial charge on any atom is 0.0159 e. The van der Waals surface area contributed by atoms with Crippen LogP contribution in [0.15, 0.2) is 182 Å². The van der Waals surface area contributed by atoms with Gasteiger partial charge in [-0.15, -0.1) is 0 Å². The summed E-state index contributed by atoms with van der Waals surface area (Å²) >= 11 is 0. The SMILES string of the molecule is CC1(C)c2ccccc2-c2c(-c3ccc(-c4c5ccccc5c(-c5ccccc5-c5ccc6ccccc6c5)c5ccccc45)cc3)cccc21. The second-order valence-corrected chi connectivity index (χ2v) is 14.4. The Morgan fingerprint density at radius 1 is 0.294 bits per heavy atom. The molecule has 0 unspecified atom stereocenters. The Kier molecular flexibility index (Phi) is 6.63. The highest BCUT2D eigenvalue weighted by atomic mass is 14.4. The van der Waals surface area contributed by atoms with Gasteiger partial charge in [0.2, 0.25) is 0 Å². The van der Waals surface area contributed by atoms with E-state index >= 15 is 0 Å². The third-order valence-corrected chi connectivity index (χ3v) is 11.3. The number of hydrogen-bond donors (Lipinski definition) is 0. The Labute approximate surface area is 299 Å². The summed E-state index contributed by atoms with van der Waals surface area (Å²) in [5.74, 6) is 0.